The van der Waals surface area contributed by atoms with E-state index in [-0.39, 0.29) is 16.3 Å². The number of nitrogens with zero attached hydrogens (tertiary/aromatic N) is 1. The molecule has 0 amide bonds. The van der Waals surface area contributed by atoms with E-state index in [1.807, 2.05) is 0 Å². The normalized spacial score (nSPS) is 11.1. The fourth-order valence-electron chi connectivity index (χ4n) is 1.41. The molecule has 1 heterocycles. The van der Waals surface area contributed by atoms with Gasteiger partial charge >= 0.3 is 5.97 Å². The zero-order valence-electron chi connectivity index (χ0n) is 9.95. The molecule has 0 aliphatic carbocycles. The molecule has 2 N–H and O–H groups in total. The molecule has 104 valence electrons. The van der Waals surface area contributed by atoms with Crippen LogP contribution in [0.5, 0.6) is 0 Å². The van der Waals surface area contributed by atoms with Gasteiger partial charge in [-0.15, -0.1) is 0 Å². The van der Waals surface area contributed by atoms with Crippen molar-refractivity contribution < 1.29 is 18.3 Å². The highest BCUT2D eigenvalue weighted by atomic mass is 35.5. The summed E-state index contributed by atoms with van der Waals surface area (Å²) >= 11 is 5.65. The summed E-state index contributed by atoms with van der Waals surface area (Å²) in [7, 11) is -3.82. The van der Waals surface area contributed by atoms with Gasteiger partial charge in [0.2, 0.25) is 0 Å². The lowest BCUT2D eigenvalue weighted by atomic mass is 10.2. The first-order chi connectivity index (χ1) is 9.38. The van der Waals surface area contributed by atoms with Crippen LogP contribution >= 0.6 is 11.6 Å². The summed E-state index contributed by atoms with van der Waals surface area (Å²) in [5.41, 5.74) is 0.00793. The van der Waals surface area contributed by atoms with Gasteiger partial charge < -0.3 is 5.11 Å². The molecule has 0 atom stereocenters. The van der Waals surface area contributed by atoms with E-state index in [4.69, 9.17) is 16.7 Å². The number of benzene rings is 1. The fourth-order valence-corrected chi connectivity index (χ4v) is 2.53. The average Bonchev–Trinajstić information content (AvgIpc) is 2.41. The van der Waals surface area contributed by atoms with E-state index in [0.717, 1.165) is 0 Å². The third-order valence-electron chi connectivity index (χ3n) is 2.38. The monoisotopic (exact) mass is 312 g/mol. The van der Waals surface area contributed by atoms with Crippen LogP contribution in [-0.4, -0.2) is 24.5 Å². The molecule has 1 aromatic carbocycles. The lowest BCUT2D eigenvalue weighted by molar-refractivity contribution is 0.0697. The first-order valence-corrected chi connectivity index (χ1v) is 7.22. The molecule has 0 radical (unpaired) electrons. The van der Waals surface area contributed by atoms with Crippen molar-refractivity contribution in [1.29, 1.82) is 0 Å². The van der Waals surface area contributed by atoms with Crippen molar-refractivity contribution in [3.63, 3.8) is 0 Å². The van der Waals surface area contributed by atoms with Gasteiger partial charge in [-0.2, -0.15) is 0 Å². The Labute approximate surface area is 120 Å². The van der Waals surface area contributed by atoms with Crippen LogP contribution in [-0.2, 0) is 10.0 Å². The number of halogens is 1. The number of hydrogen-bond acceptors (Lipinski definition) is 4. The van der Waals surface area contributed by atoms with Crippen molar-refractivity contribution in [2.75, 3.05) is 4.72 Å². The Morgan fingerprint density at radius 1 is 1.15 bits per heavy atom. The SMILES string of the molecule is O=C(O)c1ccc(S(=O)(=O)Nc2ccc(Cl)cn2)cc1. The molecule has 2 aromatic rings. The van der Waals surface area contributed by atoms with Crippen molar-refractivity contribution in [3.05, 3.63) is 53.2 Å². The topological polar surface area (TPSA) is 96.4 Å². The van der Waals surface area contributed by atoms with Crippen LogP contribution in [0.4, 0.5) is 5.82 Å². The number of carboxylic acid groups (broad SMARTS) is 1. The maximum absolute atomic E-state index is 12.0. The first kappa shape index (κ1) is 14.3. The number of nitrogens with one attached hydrogen (secondary N) is 1. The van der Waals surface area contributed by atoms with Crippen LogP contribution < -0.4 is 4.72 Å². The molecule has 0 fully saturated rings. The lowest BCUT2D eigenvalue weighted by Crippen LogP contribution is -2.14. The van der Waals surface area contributed by atoms with E-state index in [0.29, 0.717) is 5.02 Å². The largest absolute Gasteiger partial charge is 0.478 e. The fraction of sp³-hybridized carbons (Fsp3) is 0. The molecule has 0 saturated carbocycles. The molecule has 8 heteroatoms. The average molecular weight is 313 g/mol. The Morgan fingerprint density at radius 2 is 1.80 bits per heavy atom. The first-order valence-electron chi connectivity index (χ1n) is 5.36. The van der Waals surface area contributed by atoms with Crippen LogP contribution in [0.25, 0.3) is 0 Å². The van der Waals surface area contributed by atoms with Crippen molar-refractivity contribution in [2.24, 2.45) is 0 Å². The molecule has 1 aromatic heterocycles. The second-order valence-corrected chi connectivity index (χ2v) is 5.92. The Balaban J connectivity index is 2.26. The number of carboxylic acids is 1. The van der Waals surface area contributed by atoms with Crippen molar-refractivity contribution >= 4 is 33.4 Å². The highest BCUT2D eigenvalue weighted by Gasteiger charge is 2.15. The Bertz CT molecular complexity index is 727. The number of pyridine rings is 1. The maximum atomic E-state index is 12.0. The summed E-state index contributed by atoms with van der Waals surface area (Å²) in [6.45, 7) is 0. The van der Waals surface area contributed by atoms with Crippen LogP contribution in [0.15, 0.2) is 47.5 Å². The van der Waals surface area contributed by atoms with Gasteiger partial charge in [0.05, 0.1) is 15.5 Å². The standard InChI is InChI=1S/C12H9ClN2O4S/c13-9-3-6-11(14-7-9)15-20(18,19)10-4-1-8(2-5-10)12(16)17/h1-7H,(H,14,15)(H,16,17). The van der Waals surface area contributed by atoms with E-state index in [2.05, 4.69) is 9.71 Å². The third-order valence-corrected chi connectivity index (χ3v) is 3.97. The molecule has 2 rings (SSSR count). The summed E-state index contributed by atoms with van der Waals surface area (Å²) in [5.74, 6) is -1.00. The van der Waals surface area contributed by atoms with E-state index in [9.17, 15) is 13.2 Å². The van der Waals surface area contributed by atoms with E-state index < -0.39 is 16.0 Å². The molecule has 20 heavy (non-hydrogen) atoms. The summed E-state index contributed by atoms with van der Waals surface area (Å²) in [5, 5.41) is 9.14. The minimum Gasteiger partial charge on any atom is -0.478 e. The van der Waals surface area contributed by atoms with E-state index in [1.165, 1.54) is 42.6 Å². The zero-order chi connectivity index (χ0) is 14.8. The van der Waals surface area contributed by atoms with Gasteiger partial charge in [-0.1, -0.05) is 11.6 Å². The van der Waals surface area contributed by atoms with Gasteiger partial charge in [-0.3, -0.25) is 4.72 Å². The minimum atomic E-state index is -3.82. The Hall–Kier alpha value is -2.12. The zero-order valence-corrected chi connectivity index (χ0v) is 11.5. The highest BCUT2D eigenvalue weighted by molar-refractivity contribution is 7.92. The van der Waals surface area contributed by atoms with Gasteiger partial charge in [0.15, 0.2) is 0 Å². The second-order valence-electron chi connectivity index (χ2n) is 3.80. The van der Waals surface area contributed by atoms with Gasteiger partial charge in [0.25, 0.3) is 10.0 Å². The number of anilines is 1. The number of hydrogen-bond donors (Lipinski definition) is 2. The number of sulfonamides is 1. The van der Waals surface area contributed by atoms with Crippen molar-refractivity contribution in [2.45, 2.75) is 4.90 Å². The molecule has 0 unspecified atom stereocenters. The molecule has 6 nitrogen and oxygen atoms in total. The maximum Gasteiger partial charge on any atom is 0.335 e. The molecule has 0 bridgehead atoms. The van der Waals surface area contributed by atoms with Gasteiger partial charge in [0, 0.05) is 6.20 Å². The molecule has 0 aliphatic rings. The summed E-state index contributed by atoms with van der Waals surface area (Å²) in [4.78, 5) is 14.5. The van der Waals surface area contributed by atoms with Crippen molar-refractivity contribution in [3.8, 4) is 0 Å². The summed E-state index contributed by atoms with van der Waals surface area (Å²) in [6, 6.07) is 7.77. The Kier molecular flexibility index (Phi) is 3.91. The quantitative estimate of drug-likeness (QED) is 0.902. The van der Waals surface area contributed by atoms with Crippen molar-refractivity contribution in [1.82, 2.24) is 4.98 Å². The number of aromatic carboxylic acids is 1. The summed E-state index contributed by atoms with van der Waals surface area (Å²) in [6.07, 6.45) is 1.31. The van der Waals surface area contributed by atoms with Gasteiger partial charge in [0.1, 0.15) is 5.82 Å². The molecular formula is C12H9ClN2O4S. The van der Waals surface area contributed by atoms with E-state index in [1.54, 1.807) is 0 Å². The number of rotatable bonds is 4. The lowest BCUT2D eigenvalue weighted by Gasteiger charge is -2.07. The minimum absolute atomic E-state index is 0.00793. The molecule has 0 aliphatic heterocycles. The van der Waals surface area contributed by atoms with Crippen LogP contribution in [0.3, 0.4) is 0 Å². The van der Waals surface area contributed by atoms with Crippen LogP contribution in [0, 0.1) is 0 Å². The Morgan fingerprint density at radius 3 is 2.30 bits per heavy atom. The van der Waals surface area contributed by atoms with Crippen LogP contribution in [0.2, 0.25) is 5.02 Å². The number of aromatic nitrogens is 1. The smallest absolute Gasteiger partial charge is 0.335 e. The van der Waals surface area contributed by atoms with E-state index >= 15 is 0 Å². The molecule has 0 spiro atoms. The van der Waals surface area contributed by atoms with Gasteiger partial charge in [-0.05, 0) is 36.4 Å². The predicted molar refractivity (Wildman–Crippen MR) is 73.5 cm³/mol. The highest BCUT2D eigenvalue weighted by Crippen LogP contribution is 2.16. The molecular weight excluding hydrogens is 304 g/mol. The van der Waals surface area contributed by atoms with Crippen LogP contribution in [0.1, 0.15) is 10.4 Å². The summed E-state index contributed by atoms with van der Waals surface area (Å²) < 4.78 is 26.3. The molecule has 0 saturated heterocycles. The van der Waals surface area contributed by atoms with Gasteiger partial charge in [-0.25, -0.2) is 18.2 Å². The third kappa shape index (κ3) is 3.25. The number of carbonyl (C=O) groups is 1. The second kappa shape index (κ2) is 5.48. The predicted octanol–water partition coefficient (Wildman–Crippen LogP) is 2.23.